The number of aromatic nitrogens is 3. The van der Waals surface area contributed by atoms with Crippen LogP contribution >= 0.6 is 0 Å². The molecule has 0 saturated carbocycles. The fraction of sp³-hybridized carbons (Fsp3) is 0.240. The van der Waals surface area contributed by atoms with Gasteiger partial charge in [-0.05, 0) is 70.4 Å². The van der Waals surface area contributed by atoms with Crippen LogP contribution in [0.25, 0.3) is 16.9 Å². The van der Waals surface area contributed by atoms with Gasteiger partial charge in [0.2, 0.25) is 0 Å². The molecule has 34 heavy (non-hydrogen) atoms. The monoisotopic (exact) mass is 478 g/mol. The summed E-state index contributed by atoms with van der Waals surface area (Å²) < 4.78 is 35.9. The molecule has 9 heteroatoms. The lowest BCUT2D eigenvalue weighted by Crippen LogP contribution is -2.21. The zero-order valence-electron chi connectivity index (χ0n) is 19.9. The van der Waals surface area contributed by atoms with Crippen molar-refractivity contribution in [3.8, 4) is 16.9 Å². The summed E-state index contributed by atoms with van der Waals surface area (Å²) in [5, 5.41) is 8.36. The van der Waals surface area contributed by atoms with E-state index in [4.69, 9.17) is 4.52 Å². The molecule has 2 aromatic heterocycles. The predicted octanol–water partition coefficient (Wildman–Crippen LogP) is 4.54. The molecule has 4 rings (SSSR count). The highest BCUT2D eigenvalue weighted by atomic mass is 32.2. The van der Waals surface area contributed by atoms with Crippen molar-refractivity contribution in [1.82, 2.24) is 14.9 Å². The van der Waals surface area contributed by atoms with Crippen molar-refractivity contribution in [2.24, 2.45) is 0 Å². The summed E-state index contributed by atoms with van der Waals surface area (Å²) in [4.78, 5) is 12.6. The molecule has 2 aromatic carbocycles. The molecule has 0 fully saturated rings. The van der Waals surface area contributed by atoms with Gasteiger partial charge in [-0.15, -0.1) is 0 Å². The van der Waals surface area contributed by atoms with E-state index in [-0.39, 0.29) is 10.5 Å². The molecule has 0 bridgehead atoms. The first-order valence-electron chi connectivity index (χ1n) is 10.7. The highest BCUT2D eigenvalue weighted by Crippen LogP contribution is 2.29. The molecule has 0 unspecified atom stereocenters. The second-order valence-corrected chi connectivity index (χ2v) is 10.2. The van der Waals surface area contributed by atoms with Crippen LogP contribution in [-0.2, 0) is 10.0 Å². The minimum absolute atomic E-state index is 0.140. The quantitative estimate of drug-likeness (QED) is 0.451. The third-order valence-corrected chi connectivity index (χ3v) is 7.19. The van der Waals surface area contributed by atoms with Crippen LogP contribution in [0.15, 0.2) is 56.7 Å². The Bertz CT molecular complexity index is 1540. The normalized spacial score (nSPS) is 11.6. The number of sulfonamides is 1. The van der Waals surface area contributed by atoms with Gasteiger partial charge < -0.3 is 4.52 Å². The van der Waals surface area contributed by atoms with Crippen molar-refractivity contribution in [2.75, 3.05) is 4.72 Å². The lowest BCUT2D eigenvalue weighted by atomic mass is 10.1. The molecule has 1 N–H and O–H groups in total. The average Bonchev–Trinajstić information content (AvgIpc) is 3.09. The largest absolute Gasteiger partial charge is 0.359 e. The summed E-state index contributed by atoms with van der Waals surface area (Å²) in [5.74, 6) is 0.462. The van der Waals surface area contributed by atoms with Crippen LogP contribution in [0.3, 0.4) is 0 Å². The molecule has 0 aliphatic carbocycles. The van der Waals surface area contributed by atoms with E-state index in [1.165, 1.54) is 10.7 Å². The van der Waals surface area contributed by atoms with Crippen LogP contribution in [0.4, 0.5) is 5.69 Å². The Kier molecular flexibility index (Phi) is 5.91. The maximum Gasteiger partial charge on any atom is 0.271 e. The van der Waals surface area contributed by atoms with Gasteiger partial charge in [-0.1, -0.05) is 35.0 Å². The van der Waals surface area contributed by atoms with Crippen molar-refractivity contribution < 1.29 is 12.9 Å². The van der Waals surface area contributed by atoms with Gasteiger partial charge in [0, 0.05) is 11.6 Å². The van der Waals surface area contributed by atoms with Crippen LogP contribution in [0, 0.1) is 41.5 Å². The van der Waals surface area contributed by atoms with E-state index in [1.807, 2.05) is 32.9 Å². The SMILES string of the molecule is Cc1cc(C)c(NS(=O)(=O)c2cc(-c3ccc(=O)n(-c4c(C)noc4C)n3)ccc2C)c(C)c1. The van der Waals surface area contributed by atoms with Crippen LogP contribution < -0.4 is 10.3 Å². The minimum Gasteiger partial charge on any atom is -0.359 e. The van der Waals surface area contributed by atoms with Gasteiger partial charge in [-0.2, -0.15) is 9.78 Å². The van der Waals surface area contributed by atoms with E-state index in [1.54, 1.807) is 45.0 Å². The number of anilines is 1. The Morgan fingerprint density at radius 3 is 2.18 bits per heavy atom. The zero-order chi connectivity index (χ0) is 24.8. The van der Waals surface area contributed by atoms with Crippen molar-refractivity contribution >= 4 is 15.7 Å². The van der Waals surface area contributed by atoms with Crippen molar-refractivity contribution in [2.45, 2.75) is 46.4 Å². The van der Waals surface area contributed by atoms with E-state index < -0.39 is 10.0 Å². The number of nitrogens with one attached hydrogen (secondary N) is 1. The van der Waals surface area contributed by atoms with Crippen LogP contribution in [0.1, 0.15) is 33.7 Å². The zero-order valence-corrected chi connectivity index (χ0v) is 20.7. The van der Waals surface area contributed by atoms with Gasteiger partial charge in [0.1, 0.15) is 11.4 Å². The molecule has 2 heterocycles. The molecule has 0 atom stereocenters. The van der Waals surface area contributed by atoms with E-state index in [0.29, 0.717) is 39.6 Å². The molecule has 0 spiro atoms. The van der Waals surface area contributed by atoms with E-state index in [0.717, 1.165) is 16.7 Å². The van der Waals surface area contributed by atoms with Gasteiger partial charge in [0.25, 0.3) is 15.6 Å². The van der Waals surface area contributed by atoms with Gasteiger partial charge in [0.15, 0.2) is 5.76 Å². The highest BCUT2D eigenvalue weighted by molar-refractivity contribution is 7.92. The van der Waals surface area contributed by atoms with Gasteiger partial charge in [-0.25, -0.2) is 8.42 Å². The predicted molar refractivity (Wildman–Crippen MR) is 131 cm³/mol. The van der Waals surface area contributed by atoms with Gasteiger partial charge in [0.05, 0.1) is 16.3 Å². The van der Waals surface area contributed by atoms with E-state index >= 15 is 0 Å². The number of nitrogens with zero attached hydrogens (tertiary/aromatic N) is 3. The molecule has 0 amide bonds. The van der Waals surface area contributed by atoms with Crippen LogP contribution in [0.2, 0.25) is 0 Å². The maximum atomic E-state index is 13.4. The lowest BCUT2D eigenvalue weighted by Gasteiger charge is -2.16. The number of hydrogen-bond donors (Lipinski definition) is 1. The van der Waals surface area contributed by atoms with E-state index in [2.05, 4.69) is 15.0 Å². The highest BCUT2D eigenvalue weighted by Gasteiger charge is 2.21. The molecule has 8 nitrogen and oxygen atoms in total. The molecule has 0 saturated heterocycles. The van der Waals surface area contributed by atoms with Crippen LogP contribution in [0.5, 0.6) is 0 Å². The average molecular weight is 479 g/mol. The third-order valence-electron chi connectivity index (χ3n) is 5.69. The number of hydrogen-bond acceptors (Lipinski definition) is 6. The smallest absolute Gasteiger partial charge is 0.271 e. The summed E-state index contributed by atoms with van der Waals surface area (Å²) in [5.41, 5.74) is 5.59. The first-order chi connectivity index (χ1) is 16.0. The van der Waals surface area contributed by atoms with Crippen molar-refractivity contribution in [3.63, 3.8) is 0 Å². The minimum atomic E-state index is -3.88. The maximum absolute atomic E-state index is 13.4. The fourth-order valence-corrected chi connectivity index (χ4v) is 5.56. The molecule has 0 aliphatic heterocycles. The summed E-state index contributed by atoms with van der Waals surface area (Å²) >= 11 is 0. The van der Waals surface area contributed by atoms with Crippen LogP contribution in [-0.4, -0.2) is 23.4 Å². The summed E-state index contributed by atoms with van der Waals surface area (Å²) in [6.45, 7) is 10.9. The first-order valence-corrected chi connectivity index (χ1v) is 12.2. The third kappa shape index (κ3) is 4.26. The van der Waals surface area contributed by atoms with Crippen molar-refractivity contribution in [1.29, 1.82) is 0 Å². The molecular formula is C25H26N4O4S. The summed E-state index contributed by atoms with van der Waals surface area (Å²) in [6, 6.07) is 11.9. The Labute approximate surface area is 198 Å². The standard InChI is InChI=1S/C25H26N4O4S/c1-14-11-16(3)24(17(4)12-14)28-34(31,32)22-13-20(8-7-15(22)2)21-9-10-23(30)29(26-21)25-18(5)27-33-19(25)6/h7-13,28H,1-6H3. The van der Waals surface area contributed by atoms with Crippen molar-refractivity contribution in [3.05, 3.63) is 86.5 Å². The molecule has 0 radical (unpaired) electrons. The molecular weight excluding hydrogens is 452 g/mol. The van der Waals surface area contributed by atoms with Gasteiger partial charge in [-0.3, -0.25) is 9.52 Å². The first kappa shape index (κ1) is 23.4. The lowest BCUT2D eigenvalue weighted by molar-refractivity contribution is 0.392. The number of rotatable bonds is 5. The second-order valence-electron chi connectivity index (χ2n) is 8.50. The topological polar surface area (TPSA) is 107 Å². The Balaban J connectivity index is 1.79. The molecule has 4 aromatic rings. The van der Waals surface area contributed by atoms with E-state index in [9.17, 15) is 13.2 Å². The Morgan fingerprint density at radius 2 is 1.56 bits per heavy atom. The fourth-order valence-electron chi connectivity index (χ4n) is 4.09. The number of aryl methyl sites for hydroxylation is 6. The summed E-state index contributed by atoms with van der Waals surface area (Å²) in [7, 11) is -3.88. The summed E-state index contributed by atoms with van der Waals surface area (Å²) in [6.07, 6.45) is 0. The molecule has 176 valence electrons. The second kappa shape index (κ2) is 8.57. The Hall–Kier alpha value is -3.72. The molecule has 0 aliphatic rings. The number of benzene rings is 2. The van der Waals surface area contributed by atoms with Gasteiger partial charge >= 0.3 is 0 Å². The Morgan fingerprint density at radius 1 is 0.882 bits per heavy atom.